The van der Waals surface area contributed by atoms with Gasteiger partial charge in [0.15, 0.2) is 5.69 Å². The van der Waals surface area contributed by atoms with Crippen molar-refractivity contribution in [1.29, 1.82) is 0 Å². The number of hydrogen-bond acceptors (Lipinski definition) is 5. The largest absolute Gasteiger partial charge is 0.496 e. The molecule has 1 aromatic heterocycles. The molecule has 30 heavy (non-hydrogen) atoms. The molecular weight excluding hydrogens is 378 g/mol. The Morgan fingerprint density at radius 3 is 2.40 bits per heavy atom. The molecule has 6 heteroatoms. The average Bonchev–Trinajstić information content (AvgIpc) is 2.76. The molecule has 2 aromatic carbocycles. The summed E-state index contributed by atoms with van der Waals surface area (Å²) in [4.78, 5) is 17.4. The molecule has 0 saturated heterocycles. The summed E-state index contributed by atoms with van der Waals surface area (Å²) in [5.74, 6) is 0.713. The van der Waals surface area contributed by atoms with Crippen LogP contribution in [0.3, 0.4) is 0 Å². The van der Waals surface area contributed by atoms with Gasteiger partial charge in [0, 0.05) is 5.57 Å². The lowest BCUT2D eigenvalue weighted by Gasteiger charge is -2.15. The van der Waals surface area contributed by atoms with E-state index in [1.165, 1.54) is 7.11 Å². The zero-order chi connectivity index (χ0) is 21.8. The summed E-state index contributed by atoms with van der Waals surface area (Å²) in [5.41, 5.74) is 11.3. The number of nitrogens with one attached hydrogen (secondary N) is 1. The maximum atomic E-state index is 12.9. The van der Waals surface area contributed by atoms with Crippen LogP contribution in [0, 0.1) is 13.8 Å². The summed E-state index contributed by atoms with van der Waals surface area (Å²) in [6, 6.07) is 14.5. The minimum absolute atomic E-state index is 0.148. The van der Waals surface area contributed by atoms with Gasteiger partial charge in [0.1, 0.15) is 11.5 Å². The van der Waals surface area contributed by atoms with Gasteiger partial charge in [-0.2, -0.15) is 0 Å². The Hall–Kier alpha value is -3.80. The highest BCUT2D eigenvalue weighted by atomic mass is 16.5. The Labute approximate surface area is 176 Å². The van der Waals surface area contributed by atoms with Crippen LogP contribution in [0.1, 0.15) is 32.9 Å². The van der Waals surface area contributed by atoms with Gasteiger partial charge in [0.05, 0.1) is 31.3 Å². The van der Waals surface area contributed by atoms with Crippen molar-refractivity contribution in [1.82, 2.24) is 4.98 Å². The van der Waals surface area contributed by atoms with E-state index >= 15 is 0 Å². The molecule has 3 aromatic rings. The summed E-state index contributed by atoms with van der Waals surface area (Å²) < 4.78 is 10.8. The standard InChI is InChI=1S/C24H25N3O3/c1-14-12-17(13-22(30-5)15(14)2)16(3)19-10-11-21(29-4)23(26-19)24(28)27-20-9-7-6-8-18(20)25/h6-13H,3,25H2,1-2,4-5H3,(H,27,28). The van der Waals surface area contributed by atoms with E-state index in [1.807, 2.05) is 26.0 Å². The summed E-state index contributed by atoms with van der Waals surface area (Å²) in [6.45, 7) is 8.20. The number of rotatable bonds is 6. The maximum Gasteiger partial charge on any atom is 0.278 e. The van der Waals surface area contributed by atoms with Crippen LogP contribution in [0.25, 0.3) is 5.57 Å². The minimum Gasteiger partial charge on any atom is -0.496 e. The van der Waals surface area contributed by atoms with Gasteiger partial charge in [-0.3, -0.25) is 4.79 Å². The van der Waals surface area contributed by atoms with Gasteiger partial charge < -0.3 is 20.5 Å². The Morgan fingerprint density at radius 2 is 1.73 bits per heavy atom. The monoisotopic (exact) mass is 403 g/mol. The summed E-state index contributed by atoms with van der Waals surface area (Å²) in [6.07, 6.45) is 0. The number of aryl methyl sites for hydroxylation is 1. The quantitative estimate of drug-likeness (QED) is 0.587. The molecular formula is C24H25N3O3. The number of nitrogens with two attached hydrogens (primary N) is 1. The van der Waals surface area contributed by atoms with E-state index in [9.17, 15) is 4.79 Å². The number of hydrogen-bond donors (Lipinski definition) is 2. The number of carbonyl (C=O) groups excluding carboxylic acids is 1. The first kappa shape index (κ1) is 20.9. The predicted octanol–water partition coefficient (Wildman–Crippen LogP) is 4.61. The highest BCUT2D eigenvalue weighted by Gasteiger charge is 2.18. The second kappa shape index (κ2) is 8.69. The summed E-state index contributed by atoms with van der Waals surface area (Å²) >= 11 is 0. The molecule has 0 aliphatic rings. The SMILES string of the molecule is C=C(c1cc(C)c(C)c(OC)c1)c1ccc(OC)c(C(=O)Nc2ccccc2N)n1. The van der Waals surface area contributed by atoms with Crippen LogP contribution in [-0.4, -0.2) is 25.1 Å². The van der Waals surface area contributed by atoms with E-state index in [2.05, 4.69) is 16.9 Å². The van der Waals surface area contributed by atoms with Crippen LogP contribution in [0.2, 0.25) is 0 Å². The number of anilines is 2. The van der Waals surface area contributed by atoms with Crippen molar-refractivity contribution in [3.8, 4) is 11.5 Å². The van der Waals surface area contributed by atoms with Crippen molar-refractivity contribution in [2.24, 2.45) is 0 Å². The van der Waals surface area contributed by atoms with Gasteiger partial charge >= 0.3 is 0 Å². The Morgan fingerprint density at radius 1 is 1.03 bits per heavy atom. The van der Waals surface area contributed by atoms with Gasteiger partial charge in [-0.05, 0) is 60.9 Å². The van der Waals surface area contributed by atoms with Crippen LogP contribution in [0.4, 0.5) is 11.4 Å². The second-order valence-electron chi connectivity index (χ2n) is 6.89. The van der Waals surface area contributed by atoms with Gasteiger partial charge in [-0.1, -0.05) is 24.8 Å². The Kier molecular flexibility index (Phi) is 6.06. The normalized spacial score (nSPS) is 10.4. The van der Waals surface area contributed by atoms with Crippen molar-refractivity contribution in [2.75, 3.05) is 25.3 Å². The molecule has 1 heterocycles. The van der Waals surface area contributed by atoms with E-state index in [0.717, 1.165) is 22.4 Å². The van der Waals surface area contributed by atoms with Gasteiger partial charge in [-0.15, -0.1) is 0 Å². The fraction of sp³-hybridized carbons (Fsp3) is 0.167. The first-order chi connectivity index (χ1) is 14.3. The molecule has 0 atom stereocenters. The highest BCUT2D eigenvalue weighted by Crippen LogP contribution is 2.30. The number of nitrogens with zero attached hydrogens (tertiary/aromatic N) is 1. The van der Waals surface area contributed by atoms with E-state index in [-0.39, 0.29) is 5.69 Å². The number of amides is 1. The molecule has 0 saturated carbocycles. The van der Waals surface area contributed by atoms with Gasteiger partial charge in [0.2, 0.25) is 0 Å². The van der Waals surface area contributed by atoms with Crippen LogP contribution >= 0.6 is 0 Å². The highest BCUT2D eigenvalue weighted by molar-refractivity contribution is 6.06. The predicted molar refractivity (Wildman–Crippen MR) is 120 cm³/mol. The smallest absolute Gasteiger partial charge is 0.278 e. The molecule has 0 aliphatic carbocycles. The topological polar surface area (TPSA) is 86.5 Å². The van der Waals surface area contributed by atoms with Gasteiger partial charge in [0.25, 0.3) is 5.91 Å². The second-order valence-corrected chi connectivity index (χ2v) is 6.89. The molecule has 0 unspecified atom stereocenters. The molecule has 154 valence electrons. The molecule has 0 radical (unpaired) electrons. The van der Waals surface area contributed by atoms with Crippen molar-refractivity contribution in [3.05, 3.63) is 83.2 Å². The third-order valence-electron chi connectivity index (χ3n) is 5.00. The average molecular weight is 403 g/mol. The molecule has 1 amide bonds. The third kappa shape index (κ3) is 4.12. The molecule has 0 bridgehead atoms. The number of aromatic nitrogens is 1. The number of benzene rings is 2. The molecule has 3 N–H and O–H groups in total. The van der Waals surface area contributed by atoms with Crippen LogP contribution in [-0.2, 0) is 0 Å². The number of pyridine rings is 1. The van der Waals surface area contributed by atoms with E-state index < -0.39 is 5.91 Å². The number of nitrogen functional groups attached to an aromatic ring is 1. The lowest BCUT2D eigenvalue weighted by Crippen LogP contribution is -2.16. The third-order valence-corrected chi connectivity index (χ3v) is 5.00. The fourth-order valence-electron chi connectivity index (χ4n) is 3.10. The van der Waals surface area contributed by atoms with Crippen molar-refractivity contribution < 1.29 is 14.3 Å². The van der Waals surface area contributed by atoms with E-state index in [4.69, 9.17) is 15.2 Å². The van der Waals surface area contributed by atoms with Crippen LogP contribution < -0.4 is 20.5 Å². The molecule has 0 spiro atoms. The first-order valence-electron chi connectivity index (χ1n) is 9.41. The lowest BCUT2D eigenvalue weighted by atomic mass is 9.98. The number of ether oxygens (including phenoxy) is 2. The zero-order valence-corrected chi connectivity index (χ0v) is 17.6. The molecule has 0 fully saturated rings. The number of methoxy groups -OCH3 is 2. The maximum absolute atomic E-state index is 12.9. The Balaban J connectivity index is 1.98. The van der Waals surface area contributed by atoms with Crippen molar-refractivity contribution in [2.45, 2.75) is 13.8 Å². The fourth-order valence-corrected chi connectivity index (χ4v) is 3.10. The first-order valence-corrected chi connectivity index (χ1v) is 9.41. The van der Waals surface area contributed by atoms with E-state index in [0.29, 0.717) is 28.4 Å². The van der Waals surface area contributed by atoms with Crippen molar-refractivity contribution >= 4 is 22.9 Å². The lowest BCUT2D eigenvalue weighted by molar-refractivity contribution is 0.101. The molecule has 3 rings (SSSR count). The number of carbonyl (C=O) groups is 1. The molecule has 6 nitrogen and oxygen atoms in total. The van der Waals surface area contributed by atoms with Crippen LogP contribution in [0.5, 0.6) is 11.5 Å². The summed E-state index contributed by atoms with van der Waals surface area (Å²) in [5, 5.41) is 2.79. The van der Waals surface area contributed by atoms with Crippen molar-refractivity contribution in [3.63, 3.8) is 0 Å². The summed E-state index contributed by atoms with van der Waals surface area (Å²) in [7, 11) is 3.13. The zero-order valence-electron chi connectivity index (χ0n) is 17.6. The molecule has 0 aliphatic heterocycles. The minimum atomic E-state index is -0.419. The van der Waals surface area contributed by atoms with Crippen LogP contribution in [0.15, 0.2) is 55.1 Å². The number of para-hydroxylation sites is 2. The Bertz CT molecular complexity index is 1120. The van der Waals surface area contributed by atoms with E-state index in [1.54, 1.807) is 43.5 Å². The van der Waals surface area contributed by atoms with Gasteiger partial charge in [-0.25, -0.2) is 4.98 Å².